The first kappa shape index (κ1) is 17.8. The molecule has 1 aromatic carbocycles. The highest BCUT2D eigenvalue weighted by Gasteiger charge is 2.22. The number of thiazole rings is 1. The summed E-state index contributed by atoms with van der Waals surface area (Å²) in [6, 6.07) is 5.27. The highest BCUT2D eigenvalue weighted by molar-refractivity contribution is 7.11. The van der Waals surface area contributed by atoms with Gasteiger partial charge in [0, 0.05) is 16.9 Å². The molecule has 0 aliphatic carbocycles. The minimum atomic E-state index is -0.0862. The molecule has 1 heterocycles. The van der Waals surface area contributed by atoms with Gasteiger partial charge in [-0.15, -0.1) is 11.3 Å². The van der Waals surface area contributed by atoms with Crippen molar-refractivity contribution in [2.45, 2.75) is 33.7 Å². The lowest BCUT2D eigenvalue weighted by Crippen LogP contribution is -2.34. The first-order valence-corrected chi connectivity index (χ1v) is 8.57. The van der Waals surface area contributed by atoms with Gasteiger partial charge in [0.05, 0.1) is 16.7 Å². The zero-order chi connectivity index (χ0) is 17.1. The number of likely N-dealkylation sites (N-methyl/N-ethyl adjacent to an activating group) is 1. The molecular formula is C17H21ClN2O2S. The Morgan fingerprint density at radius 1 is 1.39 bits per heavy atom. The Morgan fingerprint density at radius 2 is 2.09 bits per heavy atom. The molecule has 0 saturated heterocycles. The van der Waals surface area contributed by atoms with Crippen molar-refractivity contribution in [2.75, 3.05) is 13.7 Å². The minimum absolute atomic E-state index is 0.00845. The average Bonchev–Trinajstić information content (AvgIpc) is 2.83. The van der Waals surface area contributed by atoms with Gasteiger partial charge in [0.1, 0.15) is 5.75 Å². The van der Waals surface area contributed by atoms with E-state index in [9.17, 15) is 4.79 Å². The third-order valence-electron chi connectivity index (χ3n) is 3.80. The second-order valence-corrected chi connectivity index (χ2v) is 7.40. The average molecular weight is 353 g/mol. The molecule has 0 radical (unpaired) electrons. The first-order chi connectivity index (χ1) is 10.8. The Hall–Kier alpha value is -1.59. The number of rotatable bonds is 5. The molecule has 0 bridgehead atoms. The number of hydrogen-bond acceptors (Lipinski definition) is 4. The Labute approximate surface area is 146 Å². The van der Waals surface area contributed by atoms with Crippen LogP contribution in [0, 0.1) is 20.8 Å². The number of aryl methyl sites for hydroxylation is 3. The lowest BCUT2D eigenvalue weighted by molar-refractivity contribution is -0.134. The van der Waals surface area contributed by atoms with Gasteiger partial charge in [0.15, 0.2) is 6.61 Å². The van der Waals surface area contributed by atoms with Crippen molar-refractivity contribution in [1.82, 2.24) is 9.88 Å². The van der Waals surface area contributed by atoms with Crippen LogP contribution in [-0.2, 0) is 4.79 Å². The van der Waals surface area contributed by atoms with Crippen LogP contribution >= 0.6 is 22.9 Å². The van der Waals surface area contributed by atoms with Crippen LogP contribution in [0.1, 0.15) is 34.1 Å². The molecule has 6 heteroatoms. The summed E-state index contributed by atoms with van der Waals surface area (Å²) in [6.07, 6.45) is 0. The number of carbonyl (C=O) groups excluding carboxylic acids is 1. The van der Waals surface area contributed by atoms with Crippen LogP contribution in [0.25, 0.3) is 0 Å². The first-order valence-electron chi connectivity index (χ1n) is 7.38. The van der Waals surface area contributed by atoms with Crippen LogP contribution in [-0.4, -0.2) is 29.4 Å². The van der Waals surface area contributed by atoms with E-state index in [2.05, 4.69) is 4.98 Å². The molecule has 0 aliphatic rings. The van der Waals surface area contributed by atoms with E-state index < -0.39 is 0 Å². The van der Waals surface area contributed by atoms with Gasteiger partial charge in [-0.2, -0.15) is 0 Å². The fourth-order valence-corrected chi connectivity index (χ4v) is 3.48. The minimum Gasteiger partial charge on any atom is -0.483 e. The summed E-state index contributed by atoms with van der Waals surface area (Å²) in [5, 5.41) is 1.67. The molecule has 0 fully saturated rings. The standard InChI is InChI=1S/C17H21ClN2O2S/c1-10-8-14(18)6-7-15(10)22-9-16(21)20(5)11(2)17-12(3)23-13(4)19-17/h6-8,11H,9H2,1-5H3. The third kappa shape index (κ3) is 4.24. The monoisotopic (exact) mass is 352 g/mol. The Balaban J connectivity index is 2.01. The molecule has 1 aromatic heterocycles. The van der Waals surface area contributed by atoms with E-state index in [0.29, 0.717) is 10.8 Å². The normalized spacial score (nSPS) is 12.1. The van der Waals surface area contributed by atoms with E-state index in [1.54, 1.807) is 35.4 Å². The molecule has 0 N–H and O–H groups in total. The number of ether oxygens (including phenoxy) is 1. The van der Waals surface area contributed by atoms with Crippen LogP contribution in [0.3, 0.4) is 0 Å². The van der Waals surface area contributed by atoms with Gasteiger partial charge in [-0.3, -0.25) is 4.79 Å². The van der Waals surface area contributed by atoms with Crippen molar-refractivity contribution in [3.63, 3.8) is 0 Å². The number of carbonyl (C=O) groups is 1. The van der Waals surface area contributed by atoms with Crippen molar-refractivity contribution >= 4 is 28.8 Å². The summed E-state index contributed by atoms with van der Waals surface area (Å²) >= 11 is 7.57. The largest absolute Gasteiger partial charge is 0.483 e. The third-order valence-corrected chi connectivity index (χ3v) is 4.93. The molecule has 0 aliphatic heterocycles. The summed E-state index contributed by atoms with van der Waals surface area (Å²) in [4.78, 5) is 19.7. The molecule has 1 amide bonds. The number of hydrogen-bond donors (Lipinski definition) is 0. The zero-order valence-electron chi connectivity index (χ0n) is 14.0. The van der Waals surface area contributed by atoms with E-state index in [-0.39, 0.29) is 18.6 Å². The molecule has 1 atom stereocenters. The molecule has 2 rings (SSSR count). The number of halogens is 1. The van der Waals surface area contributed by atoms with Gasteiger partial charge in [0.2, 0.25) is 0 Å². The topological polar surface area (TPSA) is 42.4 Å². The van der Waals surface area contributed by atoms with Crippen LogP contribution in [0.15, 0.2) is 18.2 Å². The highest BCUT2D eigenvalue weighted by Crippen LogP contribution is 2.26. The zero-order valence-corrected chi connectivity index (χ0v) is 15.6. The molecular weight excluding hydrogens is 332 g/mol. The van der Waals surface area contributed by atoms with E-state index in [1.807, 2.05) is 33.8 Å². The Morgan fingerprint density at radius 3 is 2.65 bits per heavy atom. The quantitative estimate of drug-likeness (QED) is 0.804. The maximum Gasteiger partial charge on any atom is 0.260 e. The Bertz CT molecular complexity index is 715. The number of amides is 1. The van der Waals surface area contributed by atoms with Crippen molar-refractivity contribution in [3.8, 4) is 5.75 Å². The number of nitrogens with zero attached hydrogens (tertiary/aromatic N) is 2. The van der Waals surface area contributed by atoms with Gasteiger partial charge in [-0.05, 0) is 51.5 Å². The summed E-state index contributed by atoms with van der Waals surface area (Å²) in [5.74, 6) is 0.585. The van der Waals surface area contributed by atoms with Gasteiger partial charge < -0.3 is 9.64 Å². The fourth-order valence-electron chi connectivity index (χ4n) is 2.35. The molecule has 23 heavy (non-hydrogen) atoms. The molecule has 124 valence electrons. The smallest absolute Gasteiger partial charge is 0.260 e. The Kier molecular flexibility index (Phi) is 5.65. The van der Waals surface area contributed by atoms with E-state index in [0.717, 1.165) is 21.1 Å². The van der Waals surface area contributed by atoms with Crippen molar-refractivity contribution in [3.05, 3.63) is 44.4 Å². The van der Waals surface area contributed by atoms with Gasteiger partial charge in [0.25, 0.3) is 5.91 Å². The van der Waals surface area contributed by atoms with Crippen LogP contribution < -0.4 is 4.74 Å². The summed E-state index contributed by atoms with van der Waals surface area (Å²) < 4.78 is 5.63. The van der Waals surface area contributed by atoms with Crippen LogP contribution in [0.5, 0.6) is 5.75 Å². The van der Waals surface area contributed by atoms with Gasteiger partial charge in [-0.1, -0.05) is 11.6 Å². The predicted molar refractivity (Wildman–Crippen MR) is 94.5 cm³/mol. The highest BCUT2D eigenvalue weighted by atomic mass is 35.5. The lowest BCUT2D eigenvalue weighted by Gasteiger charge is -2.24. The van der Waals surface area contributed by atoms with Crippen molar-refractivity contribution < 1.29 is 9.53 Å². The fraction of sp³-hybridized carbons (Fsp3) is 0.412. The van der Waals surface area contributed by atoms with Crippen molar-refractivity contribution in [2.24, 2.45) is 0 Å². The maximum absolute atomic E-state index is 12.4. The van der Waals surface area contributed by atoms with Crippen LogP contribution in [0.4, 0.5) is 0 Å². The van der Waals surface area contributed by atoms with E-state index in [1.165, 1.54) is 0 Å². The van der Waals surface area contributed by atoms with E-state index in [4.69, 9.17) is 16.3 Å². The summed E-state index contributed by atoms with van der Waals surface area (Å²) in [5.41, 5.74) is 1.86. The SMILES string of the molecule is Cc1nc(C(C)N(C)C(=O)COc2ccc(Cl)cc2C)c(C)s1. The van der Waals surface area contributed by atoms with E-state index >= 15 is 0 Å². The molecule has 1 unspecified atom stereocenters. The molecule has 4 nitrogen and oxygen atoms in total. The predicted octanol–water partition coefficient (Wildman–Crippen LogP) is 4.32. The number of benzene rings is 1. The van der Waals surface area contributed by atoms with Gasteiger partial charge >= 0.3 is 0 Å². The second kappa shape index (κ2) is 7.32. The maximum atomic E-state index is 12.4. The molecule has 0 spiro atoms. The number of aromatic nitrogens is 1. The van der Waals surface area contributed by atoms with Crippen LogP contribution in [0.2, 0.25) is 5.02 Å². The summed E-state index contributed by atoms with van der Waals surface area (Å²) in [6.45, 7) is 7.88. The second-order valence-electron chi connectivity index (χ2n) is 5.55. The molecule has 2 aromatic rings. The van der Waals surface area contributed by atoms with Gasteiger partial charge in [-0.25, -0.2) is 4.98 Å². The van der Waals surface area contributed by atoms with Crippen molar-refractivity contribution in [1.29, 1.82) is 0 Å². The lowest BCUT2D eigenvalue weighted by atomic mass is 10.2. The molecule has 0 saturated carbocycles. The summed E-state index contributed by atoms with van der Waals surface area (Å²) in [7, 11) is 1.78.